The van der Waals surface area contributed by atoms with E-state index in [4.69, 9.17) is 19.8 Å². The molecule has 0 aliphatic heterocycles. The van der Waals surface area contributed by atoms with Crippen molar-refractivity contribution < 1.29 is 19.8 Å². The molecule has 2 N–H and O–H groups in total. The Morgan fingerprint density at radius 3 is 0.875 bits per heavy atom. The van der Waals surface area contributed by atoms with Gasteiger partial charge in [-0.25, -0.2) is 0 Å². The van der Waals surface area contributed by atoms with Crippen LogP contribution < -0.4 is 0 Å². The van der Waals surface area contributed by atoms with Gasteiger partial charge in [-0.2, -0.15) is 0 Å². The maximum absolute atomic E-state index is 8.36. The van der Waals surface area contributed by atoms with Crippen LogP contribution in [-0.2, 0) is 9.59 Å². The molecule has 0 bridgehead atoms. The Labute approximate surface area is 70.6 Å². The molecule has 0 aromatic rings. The van der Waals surface area contributed by atoms with E-state index in [0.29, 0.717) is 0 Å². The Bertz CT molecular complexity index is 33.0. The van der Waals surface area contributed by atoms with Crippen LogP contribution in [0.5, 0.6) is 0 Å². The Hall–Kier alpha value is 0.135. The standard InChI is InChI=1S/2CH2O2.2Li.2H/c2*2-1-3;;;;/h2*1H,(H,2,3);;;;. The zero-order chi connectivity index (χ0) is 5.41. The Balaban J connectivity index is -0.0000000160. The van der Waals surface area contributed by atoms with Crippen LogP contribution in [0.1, 0.15) is 0 Å². The van der Waals surface area contributed by atoms with Crippen LogP contribution in [0.4, 0.5) is 0 Å². The van der Waals surface area contributed by atoms with Crippen molar-refractivity contribution in [2.75, 3.05) is 0 Å². The first-order chi connectivity index (χ1) is 2.83. The van der Waals surface area contributed by atoms with Gasteiger partial charge in [-0.15, -0.1) is 0 Å². The predicted octanol–water partition coefficient (Wildman–Crippen LogP) is -1.90. The van der Waals surface area contributed by atoms with Crippen LogP contribution in [0.15, 0.2) is 0 Å². The maximum atomic E-state index is 8.36. The summed E-state index contributed by atoms with van der Waals surface area (Å²) in [5.74, 6) is 0. The topological polar surface area (TPSA) is 74.6 Å². The molecule has 4 nitrogen and oxygen atoms in total. The monoisotopic (exact) mass is 108 g/mol. The molecule has 0 spiro atoms. The minimum absolute atomic E-state index is 0. The van der Waals surface area contributed by atoms with Crippen LogP contribution in [-0.4, -0.2) is 60.9 Å². The van der Waals surface area contributed by atoms with Crippen molar-refractivity contribution in [3.63, 3.8) is 0 Å². The SMILES string of the molecule is O=CO.O=CO.[LiH].[LiH]. The summed E-state index contributed by atoms with van der Waals surface area (Å²) in [5.41, 5.74) is 0. The van der Waals surface area contributed by atoms with Crippen molar-refractivity contribution in [1.82, 2.24) is 0 Å². The van der Waals surface area contributed by atoms with Crippen LogP contribution in [0.2, 0.25) is 0 Å². The molecule has 0 unspecified atom stereocenters. The minimum atomic E-state index is -0.250. The van der Waals surface area contributed by atoms with Gasteiger partial charge >= 0.3 is 37.7 Å². The first kappa shape index (κ1) is 24.2. The Kier molecular flexibility index (Phi) is 178. The fourth-order valence-electron chi connectivity index (χ4n) is 0. The van der Waals surface area contributed by atoms with E-state index in [1.165, 1.54) is 0 Å². The molecule has 6 heteroatoms. The number of rotatable bonds is 0. The van der Waals surface area contributed by atoms with Crippen molar-refractivity contribution in [1.29, 1.82) is 0 Å². The average molecular weight is 108 g/mol. The van der Waals surface area contributed by atoms with Gasteiger partial charge in [0.15, 0.2) is 0 Å². The van der Waals surface area contributed by atoms with Gasteiger partial charge < -0.3 is 10.2 Å². The molecular weight excluding hydrogens is 102 g/mol. The second-order valence-electron chi connectivity index (χ2n) is 0.211. The number of carboxylic acid groups (broad SMARTS) is 2. The van der Waals surface area contributed by atoms with Crippen molar-refractivity contribution >= 4 is 50.7 Å². The average Bonchev–Trinajstić information content (AvgIpc) is 1.39. The summed E-state index contributed by atoms with van der Waals surface area (Å²) >= 11 is 0. The van der Waals surface area contributed by atoms with Crippen molar-refractivity contribution in [3.05, 3.63) is 0 Å². The summed E-state index contributed by atoms with van der Waals surface area (Å²) < 4.78 is 0. The van der Waals surface area contributed by atoms with Crippen LogP contribution in [0, 0.1) is 0 Å². The van der Waals surface area contributed by atoms with E-state index in [0.717, 1.165) is 0 Å². The van der Waals surface area contributed by atoms with E-state index < -0.39 is 0 Å². The molecule has 0 aromatic carbocycles. The fraction of sp³-hybridized carbons (Fsp3) is 0. The number of carbonyl (C=O) groups is 2. The third-order valence-electron chi connectivity index (χ3n) is 0. The summed E-state index contributed by atoms with van der Waals surface area (Å²) in [7, 11) is 0. The van der Waals surface area contributed by atoms with Gasteiger partial charge in [0.25, 0.3) is 12.9 Å². The van der Waals surface area contributed by atoms with Gasteiger partial charge in [0, 0.05) is 0 Å². The van der Waals surface area contributed by atoms with Crippen molar-refractivity contribution in [3.8, 4) is 0 Å². The van der Waals surface area contributed by atoms with Crippen LogP contribution in [0.25, 0.3) is 0 Å². The molecule has 8 heavy (non-hydrogen) atoms. The zero-order valence-electron chi connectivity index (χ0n) is 2.87. The van der Waals surface area contributed by atoms with Crippen LogP contribution >= 0.6 is 0 Å². The summed E-state index contributed by atoms with van der Waals surface area (Å²) in [5, 5.41) is 13.8. The second-order valence-corrected chi connectivity index (χ2v) is 0.211. The van der Waals surface area contributed by atoms with E-state index in [9.17, 15) is 0 Å². The molecule has 0 atom stereocenters. The first-order valence-corrected chi connectivity index (χ1v) is 0.988. The molecule has 0 aromatic heterocycles. The molecule has 0 rings (SSSR count). The summed E-state index contributed by atoms with van der Waals surface area (Å²) in [6, 6.07) is 0. The molecule has 0 fully saturated rings. The number of hydrogen-bond donors (Lipinski definition) is 2. The molecule has 0 radical (unpaired) electrons. The molecule has 0 saturated carbocycles. The van der Waals surface area contributed by atoms with E-state index in [1.54, 1.807) is 0 Å². The summed E-state index contributed by atoms with van der Waals surface area (Å²) in [4.78, 5) is 16.7. The van der Waals surface area contributed by atoms with Gasteiger partial charge in [0.2, 0.25) is 0 Å². The summed E-state index contributed by atoms with van der Waals surface area (Å²) in [6.45, 7) is -0.500. The number of hydrogen-bond acceptors (Lipinski definition) is 2. The molecular formula is C2H6Li2O4. The van der Waals surface area contributed by atoms with Gasteiger partial charge in [-0.1, -0.05) is 0 Å². The van der Waals surface area contributed by atoms with Crippen LogP contribution in [0.3, 0.4) is 0 Å². The Morgan fingerprint density at radius 2 is 0.875 bits per heavy atom. The van der Waals surface area contributed by atoms with Gasteiger partial charge in [0.1, 0.15) is 0 Å². The zero-order valence-corrected chi connectivity index (χ0v) is 2.87. The third-order valence-corrected chi connectivity index (χ3v) is 0. The van der Waals surface area contributed by atoms with Crippen molar-refractivity contribution in [2.24, 2.45) is 0 Å². The fourth-order valence-corrected chi connectivity index (χ4v) is 0. The van der Waals surface area contributed by atoms with Gasteiger partial charge in [-0.3, -0.25) is 9.59 Å². The Morgan fingerprint density at radius 1 is 0.875 bits per heavy atom. The predicted molar refractivity (Wildman–Crippen MR) is 31.7 cm³/mol. The van der Waals surface area contributed by atoms with Gasteiger partial charge in [0.05, 0.1) is 0 Å². The quantitative estimate of drug-likeness (QED) is 0.281. The van der Waals surface area contributed by atoms with Gasteiger partial charge in [-0.05, 0) is 0 Å². The van der Waals surface area contributed by atoms with E-state index in [-0.39, 0.29) is 50.7 Å². The second kappa shape index (κ2) is 58.9. The molecule has 0 aliphatic carbocycles. The molecule has 0 amide bonds. The van der Waals surface area contributed by atoms with E-state index in [2.05, 4.69) is 0 Å². The molecule has 0 aliphatic rings. The summed E-state index contributed by atoms with van der Waals surface area (Å²) in [6.07, 6.45) is 0. The molecule has 40 valence electrons. The molecule has 0 heterocycles. The third kappa shape index (κ3) is 8900. The van der Waals surface area contributed by atoms with Crippen molar-refractivity contribution in [2.45, 2.75) is 0 Å². The van der Waals surface area contributed by atoms with E-state index in [1.807, 2.05) is 0 Å². The molecule has 0 saturated heterocycles. The first-order valence-electron chi connectivity index (χ1n) is 0.988. The van der Waals surface area contributed by atoms with E-state index >= 15 is 0 Å². The normalized spacial score (nSPS) is 3.00.